The molecule has 0 atom stereocenters. The lowest BCUT2D eigenvalue weighted by Gasteiger charge is -2.12. The van der Waals surface area contributed by atoms with Crippen LogP contribution in [0, 0.1) is 0 Å². The SMILES string of the molecule is Cn1cncc1CNc1ccccc1-n1cccn1. The molecule has 0 aliphatic rings. The fourth-order valence-corrected chi connectivity index (χ4v) is 1.97. The van der Waals surface area contributed by atoms with E-state index in [9.17, 15) is 0 Å². The predicted octanol–water partition coefficient (Wildman–Crippen LogP) is 2.22. The highest BCUT2D eigenvalue weighted by molar-refractivity contribution is 5.60. The maximum Gasteiger partial charge on any atom is 0.0946 e. The topological polar surface area (TPSA) is 47.7 Å². The van der Waals surface area contributed by atoms with E-state index in [4.69, 9.17) is 0 Å². The Balaban J connectivity index is 1.84. The molecule has 0 saturated heterocycles. The van der Waals surface area contributed by atoms with Crippen molar-refractivity contribution in [2.45, 2.75) is 6.54 Å². The van der Waals surface area contributed by atoms with E-state index in [0.29, 0.717) is 0 Å². The maximum atomic E-state index is 4.27. The van der Waals surface area contributed by atoms with Gasteiger partial charge >= 0.3 is 0 Å². The molecule has 1 N–H and O–H groups in total. The molecule has 0 spiro atoms. The first kappa shape index (κ1) is 11.5. The number of rotatable bonds is 4. The third-order valence-electron chi connectivity index (χ3n) is 3.03. The summed E-state index contributed by atoms with van der Waals surface area (Å²) < 4.78 is 3.86. The number of imidazole rings is 1. The molecule has 5 nitrogen and oxygen atoms in total. The van der Waals surface area contributed by atoms with E-state index in [1.165, 1.54) is 0 Å². The molecule has 96 valence electrons. The van der Waals surface area contributed by atoms with Gasteiger partial charge in [0.15, 0.2) is 0 Å². The Labute approximate surface area is 111 Å². The Morgan fingerprint density at radius 3 is 2.84 bits per heavy atom. The molecule has 3 rings (SSSR count). The molecule has 2 aromatic heterocycles. The normalized spacial score (nSPS) is 10.6. The van der Waals surface area contributed by atoms with Gasteiger partial charge in [-0.05, 0) is 18.2 Å². The van der Waals surface area contributed by atoms with E-state index in [-0.39, 0.29) is 0 Å². The first-order chi connectivity index (χ1) is 9.34. The Morgan fingerprint density at radius 2 is 2.11 bits per heavy atom. The molecule has 0 bridgehead atoms. The van der Waals surface area contributed by atoms with Gasteiger partial charge in [-0.2, -0.15) is 5.10 Å². The molecule has 19 heavy (non-hydrogen) atoms. The van der Waals surface area contributed by atoms with Crippen LogP contribution in [0.1, 0.15) is 5.69 Å². The molecule has 0 amide bonds. The lowest BCUT2D eigenvalue weighted by Crippen LogP contribution is -2.07. The molecule has 0 fully saturated rings. The number of hydrogen-bond acceptors (Lipinski definition) is 3. The van der Waals surface area contributed by atoms with Crippen molar-refractivity contribution in [3.05, 3.63) is 60.9 Å². The van der Waals surface area contributed by atoms with Crippen molar-refractivity contribution in [2.75, 3.05) is 5.32 Å². The van der Waals surface area contributed by atoms with Gasteiger partial charge in [-0.1, -0.05) is 12.1 Å². The first-order valence-corrected chi connectivity index (χ1v) is 6.13. The van der Waals surface area contributed by atoms with Crippen LogP contribution in [0.4, 0.5) is 5.69 Å². The van der Waals surface area contributed by atoms with Gasteiger partial charge in [-0.3, -0.25) is 0 Å². The van der Waals surface area contributed by atoms with Crippen LogP contribution in [0.2, 0.25) is 0 Å². The van der Waals surface area contributed by atoms with Gasteiger partial charge in [-0.15, -0.1) is 0 Å². The fraction of sp³-hybridized carbons (Fsp3) is 0.143. The van der Waals surface area contributed by atoms with E-state index in [1.807, 2.05) is 59.0 Å². The van der Waals surface area contributed by atoms with E-state index in [2.05, 4.69) is 15.4 Å². The lowest BCUT2D eigenvalue weighted by molar-refractivity contribution is 0.833. The van der Waals surface area contributed by atoms with Gasteiger partial charge in [0.25, 0.3) is 0 Å². The molecule has 0 aliphatic carbocycles. The summed E-state index contributed by atoms with van der Waals surface area (Å²) in [5, 5.41) is 7.69. The highest BCUT2D eigenvalue weighted by Gasteiger charge is 2.04. The molecule has 3 aromatic rings. The minimum Gasteiger partial charge on any atom is -0.378 e. The van der Waals surface area contributed by atoms with Crippen LogP contribution in [0.25, 0.3) is 5.69 Å². The zero-order valence-corrected chi connectivity index (χ0v) is 10.7. The van der Waals surface area contributed by atoms with Crippen LogP contribution in [0.15, 0.2) is 55.2 Å². The molecular weight excluding hydrogens is 238 g/mol. The third-order valence-corrected chi connectivity index (χ3v) is 3.03. The number of aromatic nitrogens is 4. The largest absolute Gasteiger partial charge is 0.378 e. The van der Waals surface area contributed by atoms with Gasteiger partial charge in [0.05, 0.1) is 29.9 Å². The smallest absolute Gasteiger partial charge is 0.0946 e. The number of hydrogen-bond donors (Lipinski definition) is 1. The fourth-order valence-electron chi connectivity index (χ4n) is 1.97. The van der Waals surface area contributed by atoms with Gasteiger partial charge < -0.3 is 9.88 Å². The number of nitrogens with one attached hydrogen (secondary N) is 1. The third kappa shape index (κ3) is 2.35. The summed E-state index contributed by atoms with van der Waals surface area (Å²) in [5.74, 6) is 0. The standard InChI is InChI=1S/C14H15N5/c1-18-11-15-9-12(18)10-16-13-5-2-3-6-14(13)19-8-4-7-17-19/h2-9,11,16H,10H2,1H3. The summed E-state index contributed by atoms with van der Waals surface area (Å²) >= 11 is 0. The van der Waals surface area contributed by atoms with Crippen molar-refractivity contribution in [1.29, 1.82) is 0 Å². The Morgan fingerprint density at radius 1 is 1.21 bits per heavy atom. The second kappa shape index (κ2) is 4.97. The van der Waals surface area contributed by atoms with E-state index in [1.54, 1.807) is 12.5 Å². The molecule has 5 heteroatoms. The lowest BCUT2D eigenvalue weighted by atomic mass is 10.2. The zero-order valence-electron chi connectivity index (χ0n) is 10.7. The van der Waals surface area contributed by atoms with Crippen LogP contribution < -0.4 is 5.32 Å². The Kier molecular flexibility index (Phi) is 3.02. The summed E-state index contributed by atoms with van der Waals surface area (Å²) in [4.78, 5) is 4.11. The van der Waals surface area contributed by atoms with E-state index in [0.717, 1.165) is 23.6 Å². The van der Waals surface area contributed by atoms with Crippen LogP contribution in [0.5, 0.6) is 0 Å². The second-order valence-corrected chi connectivity index (χ2v) is 4.32. The predicted molar refractivity (Wildman–Crippen MR) is 74.1 cm³/mol. The summed E-state index contributed by atoms with van der Waals surface area (Å²) in [6.45, 7) is 0.731. The molecule has 0 aliphatic heterocycles. The minimum absolute atomic E-state index is 0.731. The first-order valence-electron chi connectivity index (χ1n) is 6.13. The van der Waals surface area contributed by atoms with Crippen molar-refractivity contribution in [3.63, 3.8) is 0 Å². The Bertz CT molecular complexity index is 654. The van der Waals surface area contributed by atoms with Gasteiger partial charge in [-0.25, -0.2) is 9.67 Å². The Hall–Kier alpha value is -2.56. The number of benzene rings is 1. The molecule has 0 unspecified atom stereocenters. The van der Waals surface area contributed by atoms with Gasteiger partial charge in [0.1, 0.15) is 0 Å². The highest BCUT2D eigenvalue weighted by Crippen LogP contribution is 2.19. The van der Waals surface area contributed by atoms with Crippen LogP contribution in [-0.4, -0.2) is 19.3 Å². The highest BCUT2D eigenvalue weighted by atomic mass is 15.3. The number of aryl methyl sites for hydroxylation is 1. The summed E-state index contributed by atoms with van der Waals surface area (Å²) in [6, 6.07) is 10.0. The van der Waals surface area contributed by atoms with Crippen LogP contribution in [-0.2, 0) is 13.6 Å². The number of para-hydroxylation sites is 2. The van der Waals surface area contributed by atoms with Crippen molar-refractivity contribution in [2.24, 2.45) is 7.05 Å². The van der Waals surface area contributed by atoms with Crippen molar-refractivity contribution < 1.29 is 0 Å². The second-order valence-electron chi connectivity index (χ2n) is 4.32. The van der Waals surface area contributed by atoms with Crippen molar-refractivity contribution in [3.8, 4) is 5.69 Å². The molecule has 0 saturated carbocycles. The average molecular weight is 253 g/mol. The minimum atomic E-state index is 0.731. The molecular formula is C14H15N5. The maximum absolute atomic E-state index is 4.27. The van der Waals surface area contributed by atoms with Crippen LogP contribution >= 0.6 is 0 Å². The summed E-state index contributed by atoms with van der Waals surface area (Å²) in [5.41, 5.74) is 3.22. The average Bonchev–Trinajstić information content (AvgIpc) is 3.08. The molecule has 1 aromatic carbocycles. The quantitative estimate of drug-likeness (QED) is 0.775. The van der Waals surface area contributed by atoms with Crippen molar-refractivity contribution >= 4 is 5.69 Å². The number of anilines is 1. The zero-order chi connectivity index (χ0) is 13.1. The van der Waals surface area contributed by atoms with Gasteiger partial charge in [0, 0.05) is 25.6 Å². The van der Waals surface area contributed by atoms with Crippen LogP contribution in [0.3, 0.4) is 0 Å². The molecule has 0 radical (unpaired) electrons. The summed E-state index contributed by atoms with van der Waals surface area (Å²) in [7, 11) is 1.99. The summed E-state index contributed by atoms with van der Waals surface area (Å²) in [6.07, 6.45) is 7.38. The van der Waals surface area contributed by atoms with E-state index < -0.39 is 0 Å². The number of nitrogens with zero attached hydrogens (tertiary/aromatic N) is 4. The van der Waals surface area contributed by atoms with Crippen molar-refractivity contribution in [1.82, 2.24) is 19.3 Å². The monoisotopic (exact) mass is 253 g/mol. The van der Waals surface area contributed by atoms with E-state index >= 15 is 0 Å². The molecule has 2 heterocycles. The van der Waals surface area contributed by atoms with Gasteiger partial charge in [0.2, 0.25) is 0 Å².